The first kappa shape index (κ1) is 22.3. The van der Waals surface area contributed by atoms with Crippen molar-refractivity contribution in [3.8, 4) is 0 Å². The molecule has 0 saturated carbocycles. The van der Waals surface area contributed by atoms with Crippen molar-refractivity contribution in [1.29, 1.82) is 0 Å². The Morgan fingerprint density at radius 2 is 1.53 bits per heavy atom. The number of benzene rings is 3. The normalized spacial score (nSPS) is 16.4. The molecule has 6 heteroatoms. The van der Waals surface area contributed by atoms with E-state index in [9.17, 15) is 9.18 Å². The molecule has 32 heavy (non-hydrogen) atoms. The second kappa shape index (κ2) is 8.93. The van der Waals surface area contributed by atoms with Gasteiger partial charge in [0.2, 0.25) is 0 Å². The van der Waals surface area contributed by atoms with Gasteiger partial charge < -0.3 is 0 Å². The van der Waals surface area contributed by atoms with Gasteiger partial charge in [0.1, 0.15) is 5.82 Å². The van der Waals surface area contributed by atoms with Crippen LogP contribution in [0.15, 0.2) is 64.5 Å². The fourth-order valence-corrected chi connectivity index (χ4v) is 4.96. The Balaban J connectivity index is 1.86. The molecule has 0 unspecified atom stereocenters. The van der Waals surface area contributed by atoms with Crippen molar-refractivity contribution in [2.75, 3.05) is 4.90 Å². The summed E-state index contributed by atoms with van der Waals surface area (Å²) in [5, 5.41) is 0.771. The molecule has 162 valence electrons. The highest BCUT2D eigenvalue weighted by Crippen LogP contribution is 2.39. The van der Waals surface area contributed by atoms with Gasteiger partial charge in [-0.05, 0) is 104 Å². The summed E-state index contributed by atoms with van der Waals surface area (Å²) in [5.74, 6) is -0.738. The second-order valence-electron chi connectivity index (χ2n) is 7.97. The molecule has 0 aromatic heterocycles. The van der Waals surface area contributed by atoms with Crippen LogP contribution in [0.1, 0.15) is 27.8 Å². The van der Waals surface area contributed by atoms with Gasteiger partial charge in [0.15, 0.2) is 5.17 Å². The van der Waals surface area contributed by atoms with Gasteiger partial charge in [-0.1, -0.05) is 29.8 Å². The van der Waals surface area contributed by atoms with Crippen LogP contribution in [0.5, 0.6) is 0 Å². The predicted molar refractivity (Wildman–Crippen MR) is 133 cm³/mol. The minimum Gasteiger partial charge on any atom is -0.268 e. The molecule has 0 spiro atoms. The van der Waals surface area contributed by atoms with Crippen LogP contribution >= 0.6 is 23.4 Å². The van der Waals surface area contributed by atoms with E-state index in [-0.39, 0.29) is 16.5 Å². The van der Waals surface area contributed by atoms with Crippen molar-refractivity contribution >= 4 is 51.9 Å². The monoisotopic (exact) mass is 464 g/mol. The lowest BCUT2D eigenvalue weighted by molar-refractivity contribution is -0.113. The number of hydrogen-bond donors (Lipinski definition) is 0. The number of halogens is 2. The highest BCUT2D eigenvalue weighted by molar-refractivity contribution is 8.19. The molecule has 3 aromatic carbocycles. The molecule has 0 radical (unpaired) electrons. The van der Waals surface area contributed by atoms with Crippen LogP contribution < -0.4 is 4.90 Å². The summed E-state index contributed by atoms with van der Waals surface area (Å²) in [7, 11) is 0. The van der Waals surface area contributed by atoms with Gasteiger partial charge in [0, 0.05) is 5.56 Å². The van der Waals surface area contributed by atoms with E-state index in [1.807, 2.05) is 58.0 Å². The minimum atomic E-state index is -0.476. The predicted octanol–water partition coefficient (Wildman–Crippen LogP) is 7.52. The number of anilines is 1. The van der Waals surface area contributed by atoms with Gasteiger partial charge in [-0.15, -0.1) is 0 Å². The third kappa shape index (κ3) is 4.64. The zero-order chi connectivity index (χ0) is 23.0. The van der Waals surface area contributed by atoms with E-state index in [1.165, 1.54) is 30.0 Å². The fraction of sp³-hybridized carbons (Fsp3) is 0.154. The number of amides is 1. The van der Waals surface area contributed by atoms with E-state index in [0.29, 0.717) is 10.1 Å². The molecule has 0 N–H and O–H groups in total. The van der Waals surface area contributed by atoms with E-state index in [4.69, 9.17) is 16.6 Å². The summed E-state index contributed by atoms with van der Waals surface area (Å²) >= 11 is 7.42. The summed E-state index contributed by atoms with van der Waals surface area (Å²) in [6.07, 6.45) is 1.50. The number of aliphatic imine (C=N–C) groups is 1. The number of thioether (sulfide) groups is 1. The van der Waals surface area contributed by atoms with Gasteiger partial charge >= 0.3 is 0 Å². The maximum absolute atomic E-state index is 14.4. The Bertz CT molecular complexity index is 1240. The maximum Gasteiger partial charge on any atom is 0.271 e. The summed E-state index contributed by atoms with van der Waals surface area (Å²) in [4.78, 5) is 20.2. The molecule has 1 amide bonds. The zero-order valence-corrected chi connectivity index (χ0v) is 19.8. The van der Waals surface area contributed by atoms with Crippen molar-refractivity contribution in [3.05, 3.63) is 98.2 Å². The Morgan fingerprint density at radius 1 is 0.938 bits per heavy atom. The molecule has 1 saturated heterocycles. The van der Waals surface area contributed by atoms with Crippen LogP contribution in [0.4, 0.5) is 15.8 Å². The lowest BCUT2D eigenvalue weighted by Gasteiger charge is -2.17. The first-order chi connectivity index (χ1) is 15.2. The summed E-state index contributed by atoms with van der Waals surface area (Å²) in [5.41, 5.74) is 5.94. The van der Waals surface area contributed by atoms with Crippen LogP contribution in [-0.2, 0) is 4.79 Å². The van der Waals surface area contributed by atoms with Crippen molar-refractivity contribution in [2.45, 2.75) is 27.7 Å². The summed E-state index contributed by atoms with van der Waals surface area (Å²) < 4.78 is 14.4. The first-order valence-corrected chi connectivity index (χ1v) is 11.3. The smallest absolute Gasteiger partial charge is 0.268 e. The van der Waals surface area contributed by atoms with Gasteiger partial charge in [0.05, 0.1) is 21.3 Å². The fourth-order valence-electron chi connectivity index (χ4n) is 3.76. The zero-order valence-electron chi connectivity index (χ0n) is 18.2. The molecule has 1 aliphatic rings. The molecule has 0 aliphatic carbocycles. The lowest BCUT2D eigenvalue weighted by atomic mass is 10.1. The van der Waals surface area contributed by atoms with E-state index >= 15 is 0 Å². The van der Waals surface area contributed by atoms with Crippen LogP contribution in [0.2, 0.25) is 5.02 Å². The third-order valence-electron chi connectivity index (χ3n) is 4.98. The van der Waals surface area contributed by atoms with Crippen LogP contribution in [0.25, 0.3) is 6.08 Å². The molecule has 0 atom stereocenters. The highest BCUT2D eigenvalue weighted by atomic mass is 35.5. The van der Waals surface area contributed by atoms with Crippen molar-refractivity contribution in [2.24, 2.45) is 4.99 Å². The van der Waals surface area contributed by atoms with Gasteiger partial charge in [0.25, 0.3) is 5.91 Å². The number of nitrogens with zero attached hydrogens (tertiary/aromatic N) is 2. The average molecular weight is 465 g/mol. The number of amidine groups is 1. The number of carbonyl (C=O) groups excluding carboxylic acids is 1. The Hall–Kier alpha value is -2.89. The number of rotatable bonds is 3. The van der Waals surface area contributed by atoms with Crippen LogP contribution in [0.3, 0.4) is 0 Å². The van der Waals surface area contributed by atoms with Crippen LogP contribution in [0, 0.1) is 33.5 Å². The maximum atomic E-state index is 14.4. The number of aryl methyl sites for hydroxylation is 4. The molecule has 1 aliphatic heterocycles. The molecule has 3 aromatic rings. The van der Waals surface area contributed by atoms with Crippen molar-refractivity contribution in [1.82, 2.24) is 0 Å². The topological polar surface area (TPSA) is 32.7 Å². The highest BCUT2D eigenvalue weighted by Gasteiger charge is 2.35. The molecular formula is C26H22ClFN2OS. The average Bonchev–Trinajstić information content (AvgIpc) is 2.98. The van der Waals surface area contributed by atoms with Gasteiger partial charge in [-0.3, -0.25) is 9.69 Å². The van der Waals surface area contributed by atoms with Gasteiger partial charge in [-0.25, -0.2) is 9.38 Å². The minimum absolute atomic E-state index is 0.193. The Kier molecular flexibility index (Phi) is 6.22. The number of hydrogen-bond acceptors (Lipinski definition) is 3. The number of carbonyl (C=O) groups is 1. The Labute approximate surface area is 196 Å². The molecular weight excluding hydrogens is 443 g/mol. The summed E-state index contributed by atoms with van der Waals surface area (Å²) in [6.45, 7) is 8.00. The molecule has 1 fully saturated rings. The largest absolute Gasteiger partial charge is 0.271 e. The van der Waals surface area contributed by atoms with Gasteiger partial charge in [-0.2, -0.15) is 0 Å². The van der Waals surface area contributed by atoms with E-state index < -0.39 is 5.82 Å². The molecule has 3 nitrogen and oxygen atoms in total. The quantitative estimate of drug-likeness (QED) is 0.375. The molecule has 4 rings (SSSR count). The third-order valence-corrected chi connectivity index (χ3v) is 6.28. The van der Waals surface area contributed by atoms with E-state index in [0.717, 1.165) is 33.6 Å². The standard InChI is InChI=1S/C26H22ClFN2OS/c1-15-8-16(2)11-19(10-15)29-26-30(20-12-17(3)9-18(4)13-20)25(31)24(32-26)14-21-22(27)6-5-7-23(21)28/h5-14H,1-4H3/b24-14-,29-26?. The van der Waals surface area contributed by atoms with E-state index in [2.05, 4.69) is 6.07 Å². The lowest BCUT2D eigenvalue weighted by Crippen LogP contribution is -2.28. The van der Waals surface area contributed by atoms with Crippen molar-refractivity contribution in [3.63, 3.8) is 0 Å². The van der Waals surface area contributed by atoms with Crippen molar-refractivity contribution < 1.29 is 9.18 Å². The second-order valence-corrected chi connectivity index (χ2v) is 9.39. The molecule has 1 heterocycles. The van der Waals surface area contributed by atoms with Crippen LogP contribution in [-0.4, -0.2) is 11.1 Å². The SMILES string of the molecule is Cc1cc(C)cc(N=C2S/C(=C\c3c(F)cccc3Cl)C(=O)N2c2cc(C)cc(C)c2)c1. The first-order valence-electron chi connectivity index (χ1n) is 10.1. The molecule has 0 bridgehead atoms. The van der Waals surface area contributed by atoms with E-state index in [1.54, 1.807) is 11.0 Å². The Morgan fingerprint density at radius 3 is 2.12 bits per heavy atom. The summed E-state index contributed by atoms with van der Waals surface area (Å²) in [6, 6.07) is 16.4.